The van der Waals surface area contributed by atoms with Crippen LogP contribution in [0.4, 0.5) is 0 Å². The Morgan fingerprint density at radius 2 is 2.56 bits per heavy atom. The lowest BCUT2D eigenvalue weighted by molar-refractivity contribution is 0.0538. The number of aryl methyl sites for hydroxylation is 1. The number of hydrogen-bond donors (Lipinski definition) is 1. The largest absolute Gasteiger partial charge is 0.381 e. The molecule has 0 radical (unpaired) electrons. The summed E-state index contributed by atoms with van der Waals surface area (Å²) >= 11 is 0. The van der Waals surface area contributed by atoms with Crippen molar-refractivity contribution in [2.75, 3.05) is 19.8 Å². The van der Waals surface area contributed by atoms with Gasteiger partial charge in [0, 0.05) is 20.2 Å². The second-order valence-electron chi connectivity index (χ2n) is 4.51. The SMILES string of the molecule is CC(NCC1CCCOC1)c1nncn1C. The van der Waals surface area contributed by atoms with E-state index in [4.69, 9.17) is 4.74 Å². The van der Waals surface area contributed by atoms with E-state index in [9.17, 15) is 0 Å². The summed E-state index contributed by atoms with van der Waals surface area (Å²) in [4.78, 5) is 0. The van der Waals surface area contributed by atoms with Gasteiger partial charge in [-0.3, -0.25) is 0 Å². The fourth-order valence-corrected chi connectivity index (χ4v) is 2.09. The molecule has 2 rings (SSSR count). The van der Waals surface area contributed by atoms with Gasteiger partial charge in [-0.05, 0) is 25.7 Å². The van der Waals surface area contributed by atoms with Gasteiger partial charge < -0.3 is 14.6 Å². The van der Waals surface area contributed by atoms with Crippen LogP contribution < -0.4 is 5.32 Å². The molecule has 1 saturated heterocycles. The molecule has 1 fully saturated rings. The van der Waals surface area contributed by atoms with Crippen LogP contribution in [-0.2, 0) is 11.8 Å². The van der Waals surface area contributed by atoms with Crippen LogP contribution in [0.15, 0.2) is 6.33 Å². The van der Waals surface area contributed by atoms with Crippen molar-refractivity contribution in [1.82, 2.24) is 20.1 Å². The Morgan fingerprint density at radius 1 is 1.69 bits per heavy atom. The van der Waals surface area contributed by atoms with E-state index in [2.05, 4.69) is 22.4 Å². The van der Waals surface area contributed by atoms with Gasteiger partial charge in [0.2, 0.25) is 0 Å². The highest BCUT2D eigenvalue weighted by atomic mass is 16.5. The average Bonchev–Trinajstić information content (AvgIpc) is 2.74. The number of nitrogens with one attached hydrogen (secondary N) is 1. The third-order valence-electron chi connectivity index (χ3n) is 3.10. The molecule has 0 saturated carbocycles. The zero-order chi connectivity index (χ0) is 11.4. The van der Waals surface area contributed by atoms with Gasteiger partial charge in [0.25, 0.3) is 0 Å². The van der Waals surface area contributed by atoms with Crippen molar-refractivity contribution in [3.8, 4) is 0 Å². The van der Waals surface area contributed by atoms with Crippen LogP contribution in [0, 0.1) is 5.92 Å². The van der Waals surface area contributed by atoms with Crippen molar-refractivity contribution in [2.45, 2.75) is 25.8 Å². The topological polar surface area (TPSA) is 52.0 Å². The van der Waals surface area contributed by atoms with E-state index < -0.39 is 0 Å². The van der Waals surface area contributed by atoms with Crippen molar-refractivity contribution in [1.29, 1.82) is 0 Å². The molecule has 1 aromatic rings. The molecule has 90 valence electrons. The van der Waals surface area contributed by atoms with Crippen LogP contribution in [0.3, 0.4) is 0 Å². The van der Waals surface area contributed by atoms with Crippen LogP contribution in [0.25, 0.3) is 0 Å². The van der Waals surface area contributed by atoms with Gasteiger partial charge in [0.05, 0.1) is 12.6 Å². The Hall–Kier alpha value is -0.940. The minimum Gasteiger partial charge on any atom is -0.381 e. The van der Waals surface area contributed by atoms with Gasteiger partial charge in [0.15, 0.2) is 0 Å². The molecule has 2 unspecified atom stereocenters. The first-order chi connectivity index (χ1) is 7.77. The summed E-state index contributed by atoms with van der Waals surface area (Å²) in [6.07, 6.45) is 4.18. The van der Waals surface area contributed by atoms with Crippen molar-refractivity contribution >= 4 is 0 Å². The molecule has 0 aliphatic carbocycles. The molecule has 5 heteroatoms. The van der Waals surface area contributed by atoms with Crippen molar-refractivity contribution in [2.24, 2.45) is 13.0 Å². The van der Waals surface area contributed by atoms with E-state index in [-0.39, 0.29) is 6.04 Å². The number of rotatable bonds is 4. The summed E-state index contributed by atoms with van der Waals surface area (Å²) in [5, 5.41) is 11.5. The Balaban J connectivity index is 1.79. The molecular formula is C11H20N4O. The lowest BCUT2D eigenvalue weighted by Crippen LogP contribution is -2.31. The molecule has 5 nitrogen and oxygen atoms in total. The van der Waals surface area contributed by atoms with Gasteiger partial charge >= 0.3 is 0 Å². The van der Waals surface area contributed by atoms with Gasteiger partial charge in [-0.1, -0.05) is 0 Å². The Kier molecular flexibility index (Phi) is 3.90. The first kappa shape index (κ1) is 11.5. The van der Waals surface area contributed by atoms with Gasteiger partial charge in [0.1, 0.15) is 12.2 Å². The Morgan fingerprint density at radius 3 is 3.19 bits per heavy atom. The first-order valence-electron chi connectivity index (χ1n) is 5.92. The normalized spacial score (nSPS) is 23.2. The smallest absolute Gasteiger partial charge is 0.149 e. The molecule has 16 heavy (non-hydrogen) atoms. The standard InChI is InChI=1S/C11H20N4O/c1-9(11-14-13-8-15(11)2)12-6-10-4-3-5-16-7-10/h8-10,12H,3-7H2,1-2H3. The highest BCUT2D eigenvalue weighted by Crippen LogP contribution is 2.14. The maximum atomic E-state index is 5.46. The van der Waals surface area contributed by atoms with Crippen molar-refractivity contribution in [3.63, 3.8) is 0 Å². The summed E-state index contributed by atoms with van der Waals surface area (Å²) in [6, 6.07) is 0.245. The second-order valence-corrected chi connectivity index (χ2v) is 4.51. The van der Waals surface area contributed by atoms with E-state index in [1.807, 2.05) is 11.6 Å². The summed E-state index contributed by atoms with van der Waals surface area (Å²) < 4.78 is 7.41. The van der Waals surface area contributed by atoms with E-state index in [1.165, 1.54) is 12.8 Å². The number of nitrogens with zero attached hydrogens (tertiary/aromatic N) is 3. The summed E-state index contributed by atoms with van der Waals surface area (Å²) in [5.41, 5.74) is 0. The zero-order valence-electron chi connectivity index (χ0n) is 10.0. The maximum absolute atomic E-state index is 5.46. The van der Waals surface area contributed by atoms with Crippen molar-refractivity contribution in [3.05, 3.63) is 12.2 Å². The zero-order valence-corrected chi connectivity index (χ0v) is 10.0. The highest BCUT2D eigenvalue weighted by molar-refractivity contribution is 4.92. The summed E-state index contributed by atoms with van der Waals surface area (Å²) in [6.45, 7) is 4.93. The third kappa shape index (κ3) is 2.80. The number of ether oxygens (including phenoxy) is 1. The highest BCUT2D eigenvalue weighted by Gasteiger charge is 2.16. The molecule has 0 amide bonds. The lowest BCUT2D eigenvalue weighted by Gasteiger charge is -2.24. The van der Waals surface area contributed by atoms with Crippen LogP contribution in [-0.4, -0.2) is 34.5 Å². The van der Waals surface area contributed by atoms with Gasteiger partial charge in [-0.2, -0.15) is 0 Å². The van der Waals surface area contributed by atoms with Gasteiger partial charge in [-0.15, -0.1) is 10.2 Å². The molecule has 1 aromatic heterocycles. The number of hydrogen-bond acceptors (Lipinski definition) is 4. The average molecular weight is 224 g/mol. The first-order valence-corrected chi connectivity index (χ1v) is 5.92. The Bertz CT molecular complexity index is 320. The molecule has 1 aliphatic rings. The van der Waals surface area contributed by atoms with Crippen LogP contribution in [0.1, 0.15) is 31.6 Å². The van der Waals surface area contributed by atoms with E-state index in [0.29, 0.717) is 5.92 Å². The minimum atomic E-state index is 0.245. The summed E-state index contributed by atoms with van der Waals surface area (Å²) in [5.74, 6) is 1.63. The Labute approximate surface area is 96.2 Å². The summed E-state index contributed by atoms with van der Waals surface area (Å²) in [7, 11) is 1.97. The molecule has 2 heterocycles. The quantitative estimate of drug-likeness (QED) is 0.825. The van der Waals surface area contributed by atoms with E-state index >= 15 is 0 Å². The molecular weight excluding hydrogens is 204 g/mol. The maximum Gasteiger partial charge on any atom is 0.149 e. The lowest BCUT2D eigenvalue weighted by atomic mass is 10.0. The van der Waals surface area contributed by atoms with Gasteiger partial charge in [-0.25, -0.2) is 0 Å². The second kappa shape index (κ2) is 5.41. The van der Waals surface area contributed by atoms with Crippen LogP contribution >= 0.6 is 0 Å². The molecule has 1 N–H and O–H groups in total. The van der Waals surface area contributed by atoms with E-state index in [0.717, 1.165) is 25.6 Å². The molecule has 2 atom stereocenters. The number of aromatic nitrogens is 3. The fourth-order valence-electron chi connectivity index (χ4n) is 2.09. The third-order valence-corrected chi connectivity index (χ3v) is 3.10. The van der Waals surface area contributed by atoms with E-state index in [1.54, 1.807) is 6.33 Å². The predicted molar refractivity (Wildman–Crippen MR) is 61.0 cm³/mol. The van der Waals surface area contributed by atoms with Crippen molar-refractivity contribution < 1.29 is 4.74 Å². The fraction of sp³-hybridized carbons (Fsp3) is 0.818. The predicted octanol–water partition coefficient (Wildman–Crippen LogP) is 0.892. The minimum absolute atomic E-state index is 0.245. The monoisotopic (exact) mass is 224 g/mol. The van der Waals surface area contributed by atoms with Crippen LogP contribution in [0.2, 0.25) is 0 Å². The molecule has 0 aromatic carbocycles. The molecule has 1 aliphatic heterocycles. The molecule has 0 spiro atoms. The van der Waals surface area contributed by atoms with Crippen LogP contribution in [0.5, 0.6) is 0 Å². The molecule has 0 bridgehead atoms.